The fourth-order valence-electron chi connectivity index (χ4n) is 5.90. The van der Waals surface area contributed by atoms with E-state index in [2.05, 4.69) is 0 Å². The average molecular weight is 428 g/mol. The number of nitrogens with zero attached hydrogens (tertiary/aromatic N) is 2. The molecular formula is C24H33N3O4. The highest BCUT2D eigenvalue weighted by molar-refractivity contribution is 6.02. The number of piperidine rings is 1. The third-order valence-electron chi connectivity index (χ3n) is 7.52. The quantitative estimate of drug-likeness (QED) is 0.780. The Labute approximate surface area is 183 Å². The van der Waals surface area contributed by atoms with Crippen LogP contribution in [0.2, 0.25) is 0 Å². The van der Waals surface area contributed by atoms with Crippen molar-refractivity contribution in [1.82, 2.24) is 9.80 Å². The first-order valence-electron chi connectivity index (χ1n) is 11.5. The van der Waals surface area contributed by atoms with Gasteiger partial charge in [0.1, 0.15) is 0 Å². The van der Waals surface area contributed by atoms with Crippen LogP contribution in [0, 0.1) is 5.92 Å². The third kappa shape index (κ3) is 3.84. The molecule has 7 heteroatoms. The van der Waals surface area contributed by atoms with Gasteiger partial charge in [0.2, 0.25) is 11.8 Å². The summed E-state index contributed by atoms with van der Waals surface area (Å²) in [5.74, 6) is -0.747. The molecule has 1 atom stereocenters. The Hall–Kier alpha value is -2.41. The molecule has 1 saturated heterocycles. The maximum Gasteiger partial charge on any atom is 0.254 e. The Balaban J connectivity index is 1.73. The monoisotopic (exact) mass is 427 g/mol. The van der Waals surface area contributed by atoms with Crippen LogP contribution in [0.4, 0.5) is 0 Å². The number of carbonyl (C=O) groups is 3. The lowest BCUT2D eigenvalue weighted by Crippen LogP contribution is -2.63. The molecule has 1 saturated carbocycles. The zero-order valence-electron chi connectivity index (χ0n) is 18.3. The van der Waals surface area contributed by atoms with Crippen molar-refractivity contribution in [3.8, 4) is 0 Å². The number of hydrogen-bond donors (Lipinski definition) is 1. The highest BCUT2D eigenvalue weighted by atomic mass is 16.5. The summed E-state index contributed by atoms with van der Waals surface area (Å²) in [6.45, 7) is 2.00. The maximum absolute atomic E-state index is 14.0. The number of hydrogen-bond acceptors (Lipinski definition) is 4. The second-order valence-corrected chi connectivity index (χ2v) is 9.14. The van der Waals surface area contributed by atoms with Crippen molar-refractivity contribution in [2.24, 2.45) is 11.7 Å². The number of carbonyl (C=O) groups excluding carboxylic acids is 3. The van der Waals surface area contributed by atoms with Crippen LogP contribution in [0.1, 0.15) is 66.8 Å². The molecule has 2 N–H and O–H groups in total. The third-order valence-corrected chi connectivity index (χ3v) is 7.52. The van der Waals surface area contributed by atoms with E-state index in [1.165, 1.54) is 0 Å². The molecule has 3 aliphatic rings. The van der Waals surface area contributed by atoms with Crippen molar-refractivity contribution in [2.75, 3.05) is 33.4 Å². The molecule has 2 fully saturated rings. The van der Waals surface area contributed by atoms with Crippen molar-refractivity contribution in [3.63, 3.8) is 0 Å². The highest BCUT2D eigenvalue weighted by Crippen LogP contribution is 2.50. The van der Waals surface area contributed by atoms with E-state index in [0.717, 1.165) is 37.7 Å². The predicted molar refractivity (Wildman–Crippen MR) is 116 cm³/mol. The summed E-state index contributed by atoms with van der Waals surface area (Å²) in [4.78, 5) is 43.0. The Bertz CT molecular complexity index is 841. The van der Waals surface area contributed by atoms with Gasteiger partial charge in [-0.25, -0.2) is 0 Å². The molecule has 2 aliphatic heterocycles. The summed E-state index contributed by atoms with van der Waals surface area (Å²) in [5.41, 5.74) is 6.45. The van der Waals surface area contributed by atoms with E-state index < -0.39 is 5.54 Å². The zero-order chi connectivity index (χ0) is 22.0. The van der Waals surface area contributed by atoms with Gasteiger partial charge in [-0.05, 0) is 37.3 Å². The molecule has 7 nitrogen and oxygen atoms in total. The van der Waals surface area contributed by atoms with Crippen molar-refractivity contribution < 1.29 is 19.1 Å². The number of ether oxygens (including phenoxy) is 1. The van der Waals surface area contributed by atoms with Crippen LogP contribution in [0.25, 0.3) is 0 Å². The van der Waals surface area contributed by atoms with E-state index >= 15 is 0 Å². The first-order chi connectivity index (χ1) is 15.0. The number of amides is 3. The van der Waals surface area contributed by atoms with Crippen LogP contribution in [-0.2, 0) is 14.3 Å². The molecule has 3 amide bonds. The number of nitrogens with two attached hydrogens (primary N) is 1. The SMILES string of the molecule is COCCN1C(=O)c2ccccc2C(C(=O)N2CCC(C(N)=O)CC2)C12CCCCC2. The van der Waals surface area contributed by atoms with Crippen LogP contribution >= 0.6 is 0 Å². The summed E-state index contributed by atoms with van der Waals surface area (Å²) in [7, 11) is 1.64. The summed E-state index contributed by atoms with van der Waals surface area (Å²) >= 11 is 0. The van der Waals surface area contributed by atoms with Gasteiger partial charge in [0, 0.05) is 38.2 Å². The molecule has 31 heavy (non-hydrogen) atoms. The highest BCUT2D eigenvalue weighted by Gasteiger charge is 2.55. The maximum atomic E-state index is 14.0. The van der Waals surface area contributed by atoms with E-state index in [9.17, 15) is 14.4 Å². The van der Waals surface area contributed by atoms with Gasteiger partial charge >= 0.3 is 0 Å². The standard InChI is InChI=1S/C24H33N3O4/c1-31-16-15-27-22(29)19-8-4-3-7-18(19)20(24(27)11-5-2-6-12-24)23(30)26-13-9-17(10-14-26)21(25)28/h3-4,7-8,17,20H,2,5-6,9-16H2,1H3,(H2,25,28). The largest absolute Gasteiger partial charge is 0.383 e. The van der Waals surface area contributed by atoms with Gasteiger partial charge in [-0.1, -0.05) is 37.5 Å². The van der Waals surface area contributed by atoms with Crippen LogP contribution in [0.3, 0.4) is 0 Å². The van der Waals surface area contributed by atoms with E-state index in [0.29, 0.717) is 44.6 Å². The van der Waals surface area contributed by atoms with Gasteiger partial charge in [0.05, 0.1) is 18.1 Å². The van der Waals surface area contributed by atoms with Crippen LogP contribution in [0.15, 0.2) is 24.3 Å². The Kier molecular flexibility index (Phi) is 6.32. The molecular weight excluding hydrogens is 394 g/mol. The van der Waals surface area contributed by atoms with Crippen LogP contribution < -0.4 is 5.73 Å². The van der Waals surface area contributed by atoms with E-state index in [1.54, 1.807) is 7.11 Å². The number of rotatable bonds is 5. The lowest BCUT2D eigenvalue weighted by atomic mass is 9.65. The molecule has 1 spiro atoms. The first-order valence-corrected chi connectivity index (χ1v) is 11.5. The minimum absolute atomic E-state index is 0.00559. The molecule has 0 radical (unpaired) electrons. The molecule has 0 aromatic heterocycles. The Morgan fingerprint density at radius 1 is 1.13 bits per heavy atom. The topological polar surface area (TPSA) is 92.9 Å². The summed E-state index contributed by atoms with van der Waals surface area (Å²) in [5, 5.41) is 0. The van der Waals surface area contributed by atoms with Gasteiger partial charge in [-0.2, -0.15) is 0 Å². The number of benzene rings is 1. The number of methoxy groups -OCH3 is 1. The van der Waals surface area contributed by atoms with Crippen LogP contribution in [-0.4, -0.2) is 66.4 Å². The molecule has 1 aliphatic carbocycles. The molecule has 168 valence electrons. The van der Waals surface area contributed by atoms with Gasteiger partial charge < -0.3 is 20.3 Å². The fourth-order valence-corrected chi connectivity index (χ4v) is 5.90. The van der Waals surface area contributed by atoms with Crippen molar-refractivity contribution >= 4 is 17.7 Å². The lowest BCUT2D eigenvalue weighted by Gasteiger charge is -2.54. The minimum Gasteiger partial charge on any atom is -0.383 e. The smallest absolute Gasteiger partial charge is 0.254 e. The molecule has 4 rings (SSSR count). The van der Waals surface area contributed by atoms with Gasteiger partial charge in [0.25, 0.3) is 5.91 Å². The zero-order valence-corrected chi connectivity index (χ0v) is 18.3. The summed E-state index contributed by atoms with van der Waals surface area (Å²) in [6.07, 6.45) is 6.00. The van der Waals surface area contributed by atoms with Gasteiger partial charge in [-0.3, -0.25) is 14.4 Å². The predicted octanol–water partition coefficient (Wildman–Crippen LogP) is 2.30. The first kappa shape index (κ1) is 21.8. The van der Waals surface area contributed by atoms with Gasteiger partial charge in [0.15, 0.2) is 0 Å². The minimum atomic E-state index is -0.514. The van der Waals surface area contributed by atoms with E-state index in [1.807, 2.05) is 34.1 Å². The van der Waals surface area contributed by atoms with Gasteiger partial charge in [-0.15, -0.1) is 0 Å². The molecule has 1 aromatic carbocycles. The number of primary amides is 1. The van der Waals surface area contributed by atoms with Crippen molar-refractivity contribution in [1.29, 1.82) is 0 Å². The average Bonchev–Trinajstić information content (AvgIpc) is 2.79. The second kappa shape index (κ2) is 8.99. The number of likely N-dealkylation sites (tertiary alicyclic amines) is 1. The fraction of sp³-hybridized carbons (Fsp3) is 0.625. The number of fused-ring (bicyclic) bond motifs is 1. The summed E-state index contributed by atoms with van der Waals surface area (Å²) in [6, 6.07) is 7.58. The normalized spacial score (nSPS) is 23.6. The Morgan fingerprint density at radius 2 is 1.81 bits per heavy atom. The van der Waals surface area contributed by atoms with Crippen molar-refractivity contribution in [2.45, 2.75) is 56.4 Å². The van der Waals surface area contributed by atoms with Crippen LogP contribution in [0.5, 0.6) is 0 Å². The van der Waals surface area contributed by atoms with E-state index in [-0.39, 0.29) is 29.6 Å². The molecule has 1 aromatic rings. The van der Waals surface area contributed by atoms with Crippen molar-refractivity contribution in [3.05, 3.63) is 35.4 Å². The van der Waals surface area contributed by atoms with E-state index in [4.69, 9.17) is 10.5 Å². The second-order valence-electron chi connectivity index (χ2n) is 9.14. The molecule has 1 unspecified atom stereocenters. The molecule has 2 heterocycles. The molecule has 0 bridgehead atoms. The lowest BCUT2D eigenvalue weighted by molar-refractivity contribution is -0.141. The Morgan fingerprint density at radius 3 is 2.45 bits per heavy atom. The summed E-state index contributed by atoms with van der Waals surface area (Å²) < 4.78 is 5.33.